The summed E-state index contributed by atoms with van der Waals surface area (Å²) in [5.74, 6) is -0.855. The molecule has 2 aliphatic heterocycles. The van der Waals surface area contributed by atoms with Crippen LogP contribution in [0, 0.1) is 0 Å². The zero-order valence-electron chi connectivity index (χ0n) is 13.2. The lowest BCUT2D eigenvalue weighted by Crippen LogP contribution is -2.45. The lowest BCUT2D eigenvalue weighted by atomic mass is 9.93. The first kappa shape index (κ1) is 18.9. The fourth-order valence-electron chi connectivity index (χ4n) is 2.54. The molecule has 7 nitrogen and oxygen atoms in total. The molecule has 0 aromatic rings. The smallest absolute Gasteiger partial charge is 0.320 e. The molecule has 0 saturated carbocycles. The van der Waals surface area contributed by atoms with Crippen LogP contribution in [0.2, 0.25) is 6.32 Å². The first-order chi connectivity index (χ1) is 10.6. The van der Waals surface area contributed by atoms with E-state index in [2.05, 4.69) is 22.9 Å². The predicted molar refractivity (Wildman–Crippen MR) is 84.7 cm³/mol. The van der Waals surface area contributed by atoms with E-state index in [1.54, 1.807) is 0 Å². The molecule has 22 heavy (non-hydrogen) atoms. The van der Waals surface area contributed by atoms with Crippen molar-refractivity contribution < 1.29 is 19.7 Å². The van der Waals surface area contributed by atoms with Crippen LogP contribution in [0.4, 0.5) is 0 Å². The number of carbonyl (C=O) groups excluding carboxylic acids is 1. The third-order valence-corrected chi connectivity index (χ3v) is 3.84. The highest BCUT2D eigenvalue weighted by Crippen LogP contribution is 2.09. The van der Waals surface area contributed by atoms with Crippen molar-refractivity contribution >= 4 is 19.4 Å². The summed E-state index contributed by atoms with van der Waals surface area (Å²) >= 11 is 0. The normalized spacial score (nSPS) is 26.9. The number of amides is 1. The minimum Gasteiger partial charge on any atom is -0.480 e. The second-order valence-electron chi connectivity index (χ2n) is 5.71. The molecule has 2 rings (SSSR count). The minimum atomic E-state index is -0.851. The van der Waals surface area contributed by atoms with E-state index in [0.717, 1.165) is 38.5 Å². The van der Waals surface area contributed by atoms with Crippen molar-refractivity contribution in [1.82, 2.24) is 16.0 Å². The zero-order chi connectivity index (χ0) is 16.4. The van der Waals surface area contributed by atoms with Crippen LogP contribution in [0.15, 0.2) is 0 Å². The minimum absolute atomic E-state index is 0.00432. The Kier molecular flexibility index (Phi) is 9.11. The Hall–Kier alpha value is -1.12. The van der Waals surface area contributed by atoms with E-state index in [4.69, 9.17) is 10.1 Å². The van der Waals surface area contributed by atoms with Gasteiger partial charge in [-0.3, -0.25) is 9.59 Å². The van der Waals surface area contributed by atoms with Crippen LogP contribution in [0.5, 0.6) is 0 Å². The van der Waals surface area contributed by atoms with Gasteiger partial charge in [-0.05, 0) is 25.8 Å². The van der Waals surface area contributed by atoms with Gasteiger partial charge in [-0.15, -0.1) is 0 Å². The number of hydrogen-bond donors (Lipinski definition) is 5. The molecule has 0 aromatic carbocycles. The van der Waals surface area contributed by atoms with Crippen LogP contribution < -0.4 is 16.0 Å². The van der Waals surface area contributed by atoms with E-state index in [1.807, 2.05) is 0 Å². The quantitative estimate of drug-likeness (QED) is 0.334. The number of aliphatic carboxylic acids is 1. The highest BCUT2D eigenvalue weighted by Gasteiger charge is 2.31. The largest absolute Gasteiger partial charge is 0.480 e. The van der Waals surface area contributed by atoms with Crippen LogP contribution in [-0.4, -0.2) is 60.7 Å². The molecule has 2 heterocycles. The lowest BCUT2D eigenvalue weighted by Gasteiger charge is -2.15. The van der Waals surface area contributed by atoms with E-state index in [9.17, 15) is 9.59 Å². The molecule has 0 aliphatic carbocycles. The number of carboxylic acid groups (broad SMARTS) is 1. The third kappa shape index (κ3) is 6.76. The maximum atomic E-state index is 11.7. The molecule has 1 amide bonds. The van der Waals surface area contributed by atoms with Crippen molar-refractivity contribution in [2.45, 2.75) is 63.5 Å². The van der Waals surface area contributed by atoms with Gasteiger partial charge in [0.1, 0.15) is 6.04 Å². The molecule has 0 spiro atoms. The maximum absolute atomic E-state index is 11.7. The number of rotatable bonds is 6. The molecule has 125 valence electrons. The molecule has 0 aromatic heterocycles. The van der Waals surface area contributed by atoms with Crippen LogP contribution in [0.3, 0.4) is 0 Å². The van der Waals surface area contributed by atoms with Gasteiger partial charge in [-0.2, -0.15) is 0 Å². The standard InChI is InChI=1S/C10H17N3O3.C4H10BO/c14-9(7-2-1-3-11-7)13-6-4-8(10(15)16)12-5-6;1-2-3-4-5-6/h6-8,11-12H,1-5H2,(H,13,14)(H,15,16);6H,2-4H2,1H3. The number of carbonyl (C=O) groups is 2. The Morgan fingerprint density at radius 3 is 2.55 bits per heavy atom. The third-order valence-electron chi connectivity index (χ3n) is 3.84. The summed E-state index contributed by atoms with van der Waals surface area (Å²) in [6, 6.07) is -0.679. The highest BCUT2D eigenvalue weighted by molar-refractivity contribution is 6.25. The van der Waals surface area contributed by atoms with Crippen molar-refractivity contribution in [2.24, 2.45) is 0 Å². The van der Waals surface area contributed by atoms with Crippen molar-refractivity contribution in [2.75, 3.05) is 13.1 Å². The van der Waals surface area contributed by atoms with Gasteiger partial charge in [-0.25, -0.2) is 0 Å². The first-order valence-electron chi connectivity index (χ1n) is 8.04. The molecule has 2 aliphatic rings. The molecule has 8 heteroatoms. The lowest BCUT2D eigenvalue weighted by molar-refractivity contribution is -0.139. The van der Waals surface area contributed by atoms with Gasteiger partial charge >= 0.3 is 5.97 Å². The Morgan fingerprint density at radius 2 is 2.09 bits per heavy atom. The van der Waals surface area contributed by atoms with Gasteiger partial charge in [0.05, 0.1) is 6.04 Å². The number of hydrogen-bond acceptors (Lipinski definition) is 5. The summed E-state index contributed by atoms with van der Waals surface area (Å²) in [4.78, 5) is 22.4. The van der Waals surface area contributed by atoms with Crippen molar-refractivity contribution in [3.8, 4) is 0 Å². The van der Waals surface area contributed by atoms with Gasteiger partial charge in [0.2, 0.25) is 5.91 Å². The monoisotopic (exact) mass is 312 g/mol. The average Bonchev–Trinajstić information content (AvgIpc) is 3.16. The van der Waals surface area contributed by atoms with E-state index >= 15 is 0 Å². The van der Waals surface area contributed by atoms with Gasteiger partial charge in [0.15, 0.2) is 0 Å². The van der Waals surface area contributed by atoms with Gasteiger partial charge in [0.25, 0.3) is 7.48 Å². The highest BCUT2D eigenvalue weighted by atomic mass is 16.4. The SMILES string of the molecule is CCCC[B]O.O=C(O)C1CC(NC(=O)C2CCCN2)CN1. The number of carboxylic acids is 1. The average molecular weight is 312 g/mol. The first-order valence-corrected chi connectivity index (χ1v) is 8.04. The van der Waals surface area contributed by atoms with Gasteiger partial charge in [-0.1, -0.05) is 26.1 Å². The Bertz CT molecular complexity index is 347. The molecule has 2 fully saturated rings. The second kappa shape index (κ2) is 10.6. The maximum Gasteiger partial charge on any atom is 0.320 e. The summed E-state index contributed by atoms with van der Waals surface area (Å²) in [6.45, 7) is 3.53. The topological polar surface area (TPSA) is 111 Å². The van der Waals surface area contributed by atoms with Crippen molar-refractivity contribution in [1.29, 1.82) is 0 Å². The predicted octanol–water partition coefficient (Wildman–Crippen LogP) is -0.514. The van der Waals surface area contributed by atoms with Gasteiger partial charge in [0, 0.05) is 12.6 Å². The van der Waals surface area contributed by atoms with Crippen LogP contribution in [-0.2, 0) is 9.59 Å². The molecule has 3 atom stereocenters. The second-order valence-corrected chi connectivity index (χ2v) is 5.71. The summed E-state index contributed by atoms with van der Waals surface area (Å²) in [6.07, 6.45) is 5.48. The summed E-state index contributed by atoms with van der Waals surface area (Å²) in [5.41, 5.74) is 0. The van der Waals surface area contributed by atoms with E-state index in [-0.39, 0.29) is 18.0 Å². The number of unbranched alkanes of at least 4 members (excludes halogenated alkanes) is 1. The molecular weight excluding hydrogens is 285 g/mol. The fraction of sp³-hybridized carbons (Fsp3) is 0.857. The van der Waals surface area contributed by atoms with E-state index in [1.165, 1.54) is 7.48 Å². The summed E-state index contributed by atoms with van der Waals surface area (Å²) < 4.78 is 0. The summed E-state index contributed by atoms with van der Waals surface area (Å²) in [7, 11) is 1.21. The van der Waals surface area contributed by atoms with E-state index < -0.39 is 12.0 Å². The molecule has 1 radical (unpaired) electrons. The van der Waals surface area contributed by atoms with Crippen LogP contribution in [0.1, 0.15) is 39.0 Å². The molecule has 2 saturated heterocycles. The van der Waals surface area contributed by atoms with Crippen molar-refractivity contribution in [3.63, 3.8) is 0 Å². The molecule has 3 unspecified atom stereocenters. The number of nitrogens with one attached hydrogen (secondary N) is 3. The molecular formula is C14H27BN3O4. The molecule has 5 N–H and O–H groups in total. The van der Waals surface area contributed by atoms with Crippen LogP contribution in [0.25, 0.3) is 0 Å². The van der Waals surface area contributed by atoms with Crippen molar-refractivity contribution in [3.05, 3.63) is 0 Å². The fourth-order valence-corrected chi connectivity index (χ4v) is 2.54. The summed E-state index contributed by atoms with van der Waals surface area (Å²) in [5, 5.41) is 25.7. The Balaban J connectivity index is 0.000000346. The Morgan fingerprint density at radius 1 is 1.32 bits per heavy atom. The zero-order valence-corrected chi connectivity index (χ0v) is 13.2. The van der Waals surface area contributed by atoms with Crippen LogP contribution >= 0.6 is 0 Å². The molecule has 0 bridgehead atoms. The Labute approximate surface area is 132 Å². The van der Waals surface area contributed by atoms with E-state index in [0.29, 0.717) is 13.0 Å². The van der Waals surface area contributed by atoms with Gasteiger partial charge < -0.3 is 26.1 Å².